The number of carbonyl (C=O) groups is 2. The number of benzene rings is 4. The molecule has 4 N–H and O–H groups in total. The fourth-order valence-electron chi connectivity index (χ4n) is 9.86. The lowest BCUT2D eigenvalue weighted by atomic mass is 9.96. The van der Waals surface area contributed by atoms with E-state index in [9.17, 15) is 9.59 Å². The lowest BCUT2D eigenvalue weighted by Crippen LogP contribution is -2.44. The molecule has 0 spiro atoms. The number of nitrogens with zero attached hydrogens (tertiary/aromatic N) is 5. The van der Waals surface area contributed by atoms with Crippen LogP contribution in [0.5, 0.6) is 17.2 Å². The molecule has 5 heterocycles. The van der Waals surface area contributed by atoms with Crippen LogP contribution >= 0.6 is 11.3 Å². The maximum atomic E-state index is 14.6. The van der Waals surface area contributed by atoms with Crippen LogP contribution in [0.1, 0.15) is 41.7 Å². The summed E-state index contributed by atoms with van der Waals surface area (Å²) in [5.41, 5.74) is 14.3. The van der Waals surface area contributed by atoms with E-state index in [2.05, 4.69) is 61.6 Å². The zero-order valence-electron chi connectivity index (χ0n) is 38.8. The van der Waals surface area contributed by atoms with Gasteiger partial charge in [0.2, 0.25) is 5.91 Å². The van der Waals surface area contributed by atoms with E-state index in [-0.39, 0.29) is 17.9 Å². The Balaban J connectivity index is 0.885. The van der Waals surface area contributed by atoms with Crippen LogP contribution in [0.2, 0.25) is 0 Å². The first-order chi connectivity index (χ1) is 32.7. The number of aromatic nitrogens is 2. The van der Waals surface area contributed by atoms with Gasteiger partial charge in [-0.2, -0.15) is 0 Å². The molecule has 0 atom stereocenters. The molecule has 0 bridgehead atoms. The first-order valence-electron chi connectivity index (χ1n) is 22.8. The van der Waals surface area contributed by atoms with Crippen molar-refractivity contribution in [3.63, 3.8) is 0 Å². The number of anilines is 5. The second-order valence-corrected chi connectivity index (χ2v) is 18.2. The number of hydrogen-bond donors (Lipinski definition) is 3. The van der Waals surface area contributed by atoms with Crippen LogP contribution in [0.15, 0.2) is 109 Å². The summed E-state index contributed by atoms with van der Waals surface area (Å²) in [5.74, 6) is 2.67. The zero-order chi connectivity index (χ0) is 46.6. The van der Waals surface area contributed by atoms with E-state index < -0.39 is 0 Å². The van der Waals surface area contributed by atoms with E-state index in [0.717, 1.165) is 118 Å². The molecule has 13 nitrogen and oxygen atoms in total. The van der Waals surface area contributed by atoms with Crippen molar-refractivity contribution in [2.75, 3.05) is 86.9 Å². The van der Waals surface area contributed by atoms with Gasteiger partial charge in [-0.25, -0.2) is 4.98 Å². The number of pyridine rings is 1. The summed E-state index contributed by atoms with van der Waals surface area (Å²) >= 11 is 1.54. The van der Waals surface area contributed by atoms with Gasteiger partial charge in [0.05, 0.1) is 49.6 Å². The van der Waals surface area contributed by atoms with Gasteiger partial charge >= 0.3 is 0 Å². The van der Waals surface area contributed by atoms with Crippen molar-refractivity contribution in [1.29, 1.82) is 0 Å². The monoisotopic (exact) mass is 918 g/mol. The molecule has 2 aliphatic heterocycles. The summed E-state index contributed by atoms with van der Waals surface area (Å²) < 4.78 is 20.1. The van der Waals surface area contributed by atoms with Gasteiger partial charge in [-0.3, -0.25) is 9.59 Å². The van der Waals surface area contributed by atoms with E-state index >= 15 is 0 Å². The molecule has 67 heavy (non-hydrogen) atoms. The molecule has 2 fully saturated rings. The normalized spacial score (nSPS) is 14.8. The smallest absolute Gasteiger partial charge is 0.274 e. The minimum absolute atomic E-state index is 0.149. The molecule has 9 rings (SSSR count). The molecule has 4 aromatic carbocycles. The number of nitrogens with one attached hydrogen (secondary N) is 2. The number of nitrogen functional groups attached to an aromatic ring is 1. The first kappa shape index (κ1) is 45.0. The maximum absolute atomic E-state index is 14.6. The van der Waals surface area contributed by atoms with Crippen molar-refractivity contribution >= 4 is 78.8 Å². The Kier molecular flexibility index (Phi) is 13.2. The Morgan fingerprint density at radius 2 is 1.46 bits per heavy atom. The molecule has 2 aliphatic rings. The van der Waals surface area contributed by atoms with Crippen LogP contribution in [0.4, 0.5) is 28.6 Å². The topological polar surface area (TPSA) is 139 Å². The second-order valence-electron chi connectivity index (χ2n) is 17.3. The summed E-state index contributed by atoms with van der Waals surface area (Å²) in [6, 6.07) is 30.4. The third-order valence-electron chi connectivity index (χ3n) is 13.5. The van der Waals surface area contributed by atoms with Crippen molar-refractivity contribution in [2.45, 2.75) is 31.7 Å². The van der Waals surface area contributed by atoms with Crippen LogP contribution in [0.3, 0.4) is 0 Å². The second kappa shape index (κ2) is 19.7. The number of nitrogens with two attached hydrogens (primary N) is 1. The van der Waals surface area contributed by atoms with E-state index in [4.69, 9.17) is 19.9 Å². The Bertz CT molecular complexity index is 2950. The van der Waals surface area contributed by atoms with Crippen LogP contribution in [0.25, 0.3) is 38.2 Å². The van der Waals surface area contributed by atoms with E-state index in [0.29, 0.717) is 35.4 Å². The van der Waals surface area contributed by atoms with Crippen molar-refractivity contribution in [3.05, 3.63) is 120 Å². The molecule has 0 radical (unpaired) electrons. The fourth-order valence-corrected chi connectivity index (χ4v) is 10.9. The van der Waals surface area contributed by atoms with E-state index in [1.807, 2.05) is 83.7 Å². The fraction of sp³-hybridized carbons (Fsp3) is 0.302. The number of carbonyl (C=O) groups excluding carboxylic acids is 2. The van der Waals surface area contributed by atoms with Gasteiger partial charge in [0.1, 0.15) is 28.8 Å². The molecule has 2 saturated heterocycles. The average molecular weight is 919 g/mol. The molecular weight excluding hydrogens is 861 g/mol. The SMILES string of the molecule is COc1cc(-c2csc3c(/C=C/C(=O)NCC4CCN(c5ccccc5OC)CC4)cnc(N)c23)ccc1NC(=O)c1c(N(C)C2CCN(c3ccccc3OC)CC2)c2ccccc2n1C. The molecule has 2 amide bonds. The predicted octanol–water partition coefficient (Wildman–Crippen LogP) is 9.47. The summed E-state index contributed by atoms with van der Waals surface area (Å²) in [6.07, 6.45) is 8.89. The predicted molar refractivity (Wildman–Crippen MR) is 273 cm³/mol. The van der Waals surface area contributed by atoms with Crippen molar-refractivity contribution in [2.24, 2.45) is 13.0 Å². The Morgan fingerprint density at radius 3 is 2.13 bits per heavy atom. The highest BCUT2D eigenvalue weighted by Gasteiger charge is 2.31. The minimum atomic E-state index is -0.234. The highest BCUT2D eigenvalue weighted by Crippen LogP contribution is 2.42. The number of rotatable bonds is 14. The molecule has 0 aliphatic carbocycles. The number of aryl methyl sites for hydroxylation is 1. The number of fused-ring (bicyclic) bond motifs is 2. The Hall–Kier alpha value is -7.19. The highest BCUT2D eigenvalue weighted by atomic mass is 32.1. The number of thiophene rings is 1. The highest BCUT2D eigenvalue weighted by molar-refractivity contribution is 7.18. The Morgan fingerprint density at radius 1 is 0.836 bits per heavy atom. The van der Waals surface area contributed by atoms with Crippen molar-refractivity contribution in [3.8, 4) is 28.4 Å². The summed E-state index contributed by atoms with van der Waals surface area (Å²) in [4.78, 5) is 39.2. The standard InChI is InChI=1S/C53H58N8O5S/c1-58(37-24-28-61(29-25-37)43-15-9-11-17-45(43)65-4)49-38-12-6-7-13-41(38)59(2)50(49)53(63)57-40-20-18-35(30-46(40)66-5)39-33-67-51-36(32-56-52(54)48(39)51)19-21-47(62)55-31-34-22-26-60(27-23-34)42-14-8-10-16-44(42)64-3/h6-21,30,32-34,37H,22-29,31H2,1-5H3,(H2,54,56)(H,55,62)(H,57,63)/b21-19+. The summed E-state index contributed by atoms with van der Waals surface area (Å²) in [7, 11) is 9.07. The first-order valence-corrected chi connectivity index (χ1v) is 23.7. The number of piperidine rings is 2. The lowest BCUT2D eigenvalue weighted by Gasteiger charge is -2.39. The van der Waals surface area contributed by atoms with Crippen LogP contribution < -0.4 is 45.3 Å². The Labute approximate surface area is 395 Å². The van der Waals surface area contributed by atoms with Gasteiger partial charge in [0, 0.05) is 91.7 Å². The molecule has 3 aromatic heterocycles. The summed E-state index contributed by atoms with van der Waals surface area (Å²) in [6.45, 7) is 4.18. The van der Waals surface area contributed by atoms with Gasteiger partial charge in [0.25, 0.3) is 5.91 Å². The van der Waals surface area contributed by atoms with Gasteiger partial charge in [-0.05, 0) is 91.1 Å². The molecule has 0 unspecified atom stereocenters. The third kappa shape index (κ3) is 9.05. The van der Waals surface area contributed by atoms with Crippen molar-refractivity contribution in [1.82, 2.24) is 14.9 Å². The number of hydrogen-bond acceptors (Lipinski definition) is 11. The van der Waals surface area contributed by atoms with Gasteiger partial charge in [-0.1, -0.05) is 48.5 Å². The number of amides is 2. The molecule has 14 heteroatoms. The zero-order valence-corrected chi connectivity index (χ0v) is 39.6. The van der Waals surface area contributed by atoms with Crippen molar-refractivity contribution < 1.29 is 23.8 Å². The molecular formula is C53H58N8O5S. The van der Waals surface area contributed by atoms with Crippen LogP contribution in [-0.2, 0) is 11.8 Å². The lowest BCUT2D eigenvalue weighted by molar-refractivity contribution is -0.116. The van der Waals surface area contributed by atoms with Gasteiger partial charge in [0.15, 0.2) is 0 Å². The maximum Gasteiger partial charge on any atom is 0.274 e. The van der Waals surface area contributed by atoms with Crippen LogP contribution in [-0.4, -0.2) is 88.5 Å². The number of methoxy groups -OCH3 is 3. The van der Waals surface area contributed by atoms with E-state index in [1.54, 1.807) is 51.0 Å². The quantitative estimate of drug-likeness (QED) is 0.0905. The summed E-state index contributed by atoms with van der Waals surface area (Å²) in [5, 5.41) is 10.2. The third-order valence-corrected chi connectivity index (χ3v) is 14.5. The number of ether oxygens (including phenoxy) is 3. The molecule has 346 valence electrons. The van der Waals surface area contributed by atoms with Gasteiger partial charge in [-0.15, -0.1) is 11.3 Å². The average Bonchev–Trinajstić information content (AvgIpc) is 3.96. The van der Waals surface area contributed by atoms with Gasteiger partial charge < -0.3 is 49.8 Å². The molecule has 0 saturated carbocycles. The minimum Gasteiger partial charge on any atom is -0.495 e. The van der Waals surface area contributed by atoms with Crippen LogP contribution in [0, 0.1) is 5.92 Å². The van der Waals surface area contributed by atoms with E-state index in [1.165, 1.54) is 0 Å². The number of para-hydroxylation sites is 5. The largest absolute Gasteiger partial charge is 0.495 e. The molecule has 7 aromatic rings.